The molecule has 44 heavy (non-hydrogen) atoms. The number of carbonyl (C=O) groups excluding carboxylic acids is 1. The van der Waals surface area contributed by atoms with Crippen LogP contribution in [0.15, 0.2) is 86.2 Å². The Morgan fingerprint density at radius 2 is 1.77 bits per heavy atom. The van der Waals surface area contributed by atoms with E-state index in [0.717, 1.165) is 11.1 Å². The van der Waals surface area contributed by atoms with E-state index < -0.39 is 12.0 Å². The maximum atomic E-state index is 14.0. The van der Waals surface area contributed by atoms with Gasteiger partial charge in [-0.25, -0.2) is 14.2 Å². The fraction of sp³-hybridized carbons (Fsp3) is 0.242. The second-order valence-electron chi connectivity index (χ2n) is 9.74. The normalized spacial score (nSPS) is 14.6. The van der Waals surface area contributed by atoms with E-state index in [9.17, 15) is 14.0 Å². The van der Waals surface area contributed by atoms with Crippen molar-refractivity contribution in [3.05, 3.63) is 119 Å². The molecule has 0 spiro atoms. The van der Waals surface area contributed by atoms with Gasteiger partial charge in [-0.1, -0.05) is 51.5 Å². The molecule has 3 aromatic carbocycles. The van der Waals surface area contributed by atoms with Gasteiger partial charge < -0.3 is 18.9 Å². The van der Waals surface area contributed by atoms with Crippen LogP contribution in [-0.4, -0.2) is 30.9 Å². The molecule has 0 saturated carbocycles. The summed E-state index contributed by atoms with van der Waals surface area (Å²) in [6, 6.07) is 16.1. The molecule has 1 aliphatic heterocycles. The Hall–Kier alpha value is -4.22. The van der Waals surface area contributed by atoms with Crippen LogP contribution in [0.25, 0.3) is 6.08 Å². The average molecular weight is 682 g/mol. The van der Waals surface area contributed by atoms with Crippen LogP contribution in [0.5, 0.6) is 17.2 Å². The number of benzene rings is 3. The number of hydrogen-bond acceptors (Lipinski definition) is 8. The third-order valence-electron chi connectivity index (χ3n) is 6.89. The van der Waals surface area contributed by atoms with Crippen LogP contribution in [0, 0.1) is 5.82 Å². The zero-order valence-corrected chi connectivity index (χ0v) is 27.0. The molecule has 1 atom stereocenters. The van der Waals surface area contributed by atoms with Gasteiger partial charge in [-0.15, -0.1) is 0 Å². The van der Waals surface area contributed by atoms with Crippen molar-refractivity contribution < 1.29 is 28.1 Å². The van der Waals surface area contributed by atoms with Gasteiger partial charge in [-0.2, -0.15) is 0 Å². The molecule has 5 rings (SSSR count). The minimum absolute atomic E-state index is 0.171. The first-order chi connectivity index (χ1) is 21.2. The highest BCUT2D eigenvalue weighted by molar-refractivity contribution is 9.10. The first-order valence-electron chi connectivity index (χ1n) is 13.9. The summed E-state index contributed by atoms with van der Waals surface area (Å²) in [6.07, 6.45) is 1.78. The number of esters is 1. The van der Waals surface area contributed by atoms with E-state index in [1.807, 2.05) is 31.2 Å². The number of rotatable bonds is 10. The minimum atomic E-state index is -0.825. The van der Waals surface area contributed by atoms with Gasteiger partial charge in [-0.05, 0) is 79.9 Å². The van der Waals surface area contributed by atoms with Crippen LogP contribution in [0.1, 0.15) is 43.5 Å². The maximum Gasteiger partial charge on any atom is 0.338 e. The van der Waals surface area contributed by atoms with Crippen molar-refractivity contribution in [1.29, 1.82) is 0 Å². The predicted molar refractivity (Wildman–Crippen MR) is 169 cm³/mol. The Kier molecular flexibility index (Phi) is 9.65. The summed E-state index contributed by atoms with van der Waals surface area (Å²) in [5, 5.41) is 0. The number of thiazole rings is 1. The highest BCUT2D eigenvalue weighted by Gasteiger charge is 2.35. The molecule has 0 saturated heterocycles. The summed E-state index contributed by atoms with van der Waals surface area (Å²) in [5.74, 6) is 0.781. The van der Waals surface area contributed by atoms with E-state index in [1.54, 1.807) is 44.2 Å². The molecule has 0 amide bonds. The molecule has 2 heterocycles. The molecule has 0 fully saturated rings. The molecule has 4 aromatic rings. The molecule has 0 aliphatic carbocycles. The van der Waals surface area contributed by atoms with E-state index in [0.29, 0.717) is 55.5 Å². The van der Waals surface area contributed by atoms with Crippen molar-refractivity contribution in [2.24, 2.45) is 4.99 Å². The van der Waals surface area contributed by atoms with Crippen LogP contribution < -0.4 is 29.1 Å². The zero-order chi connectivity index (χ0) is 31.4. The summed E-state index contributed by atoms with van der Waals surface area (Å²) in [4.78, 5) is 32.4. The van der Waals surface area contributed by atoms with E-state index >= 15 is 0 Å². The smallest absolute Gasteiger partial charge is 0.338 e. The number of fused-ring (bicyclic) bond motifs is 1. The van der Waals surface area contributed by atoms with E-state index in [1.165, 1.54) is 35.1 Å². The number of ether oxygens (including phenoxy) is 4. The van der Waals surface area contributed by atoms with Gasteiger partial charge in [0.1, 0.15) is 18.2 Å². The number of nitrogens with zero attached hydrogens (tertiary/aromatic N) is 2. The third-order valence-corrected chi connectivity index (χ3v) is 8.56. The summed E-state index contributed by atoms with van der Waals surface area (Å²) in [6.45, 7) is 6.24. The third kappa shape index (κ3) is 6.48. The Labute approximate surface area is 265 Å². The molecule has 228 valence electrons. The number of hydrogen-bond donors (Lipinski definition) is 0. The molecule has 0 unspecified atom stereocenters. The van der Waals surface area contributed by atoms with Crippen molar-refractivity contribution >= 4 is 39.3 Å². The lowest BCUT2D eigenvalue weighted by Crippen LogP contribution is -2.40. The second-order valence-corrected chi connectivity index (χ2v) is 11.6. The molecule has 8 nitrogen and oxygen atoms in total. The summed E-state index contributed by atoms with van der Waals surface area (Å²) in [5.41, 5.74) is 2.68. The number of carbonyl (C=O) groups is 1. The molecular weight excluding hydrogens is 651 g/mol. The molecule has 11 heteroatoms. The van der Waals surface area contributed by atoms with Crippen molar-refractivity contribution in [1.82, 2.24) is 4.57 Å². The monoisotopic (exact) mass is 680 g/mol. The zero-order valence-electron chi connectivity index (χ0n) is 24.6. The first kappa shape index (κ1) is 31.2. The Morgan fingerprint density at radius 1 is 1.05 bits per heavy atom. The fourth-order valence-electron chi connectivity index (χ4n) is 4.83. The SMILES string of the molecule is CCOC(=O)C1=C(C)N=c2s/c(=C/c3ccc(OCc4ccc(F)cc4)cc3)c(=O)n2[C@@H]1c1cc(OC)c(OCC)cc1Br. The van der Waals surface area contributed by atoms with Crippen LogP contribution in [0.4, 0.5) is 4.39 Å². The van der Waals surface area contributed by atoms with Crippen molar-refractivity contribution in [2.75, 3.05) is 20.3 Å². The average Bonchev–Trinajstić information content (AvgIpc) is 3.31. The second kappa shape index (κ2) is 13.6. The number of aromatic nitrogens is 1. The highest BCUT2D eigenvalue weighted by Crippen LogP contribution is 2.41. The van der Waals surface area contributed by atoms with Gasteiger partial charge in [0.2, 0.25) is 0 Å². The molecule has 1 aromatic heterocycles. The van der Waals surface area contributed by atoms with Gasteiger partial charge >= 0.3 is 5.97 Å². The Bertz CT molecular complexity index is 1900. The number of methoxy groups -OCH3 is 1. The molecular formula is C33H30BrFN2O6S. The van der Waals surface area contributed by atoms with Crippen molar-refractivity contribution in [2.45, 2.75) is 33.4 Å². The standard InChI is InChI=1S/C33H30BrFN2O6S/c1-5-41-27-17-25(34)24(16-26(27)40-4)30-29(32(39)42-6-2)19(3)36-33-37(30)31(38)28(44-33)15-20-9-13-23(14-10-20)43-18-21-7-11-22(35)12-8-21/h7-17,30H,5-6,18H2,1-4H3/b28-15+/t30-/m1/s1. The van der Waals surface area contributed by atoms with Crippen LogP contribution >= 0.6 is 27.3 Å². The lowest BCUT2D eigenvalue weighted by molar-refractivity contribution is -0.139. The lowest BCUT2D eigenvalue weighted by atomic mass is 9.95. The fourth-order valence-corrected chi connectivity index (χ4v) is 6.42. The van der Waals surface area contributed by atoms with E-state index in [2.05, 4.69) is 20.9 Å². The molecule has 0 N–H and O–H groups in total. The van der Waals surface area contributed by atoms with E-state index in [4.69, 9.17) is 18.9 Å². The summed E-state index contributed by atoms with van der Waals surface area (Å²) >= 11 is 4.87. The number of allylic oxidation sites excluding steroid dienone is 1. The van der Waals surface area contributed by atoms with Crippen molar-refractivity contribution in [3.63, 3.8) is 0 Å². The van der Waals surface area contributed by atoms with Gasteiger partial charge in [-0.3, -0.25) is 9.36 Å². The summed E-state index contributed by atoms with van der Waals surface area (Å²) < 4.78 is 38.3. The van der Waals surface area contributed by atoms with Crippen LogP contribution in [0.3, 0.4) is 0 Å². The maximum absolute atomic E-state index is 14.0. The Morgan fingerprint density at radius 3 is 2.43 bits per heavy atom. The van der Waals surface area contributed by atoms with Crippen LogP contribution in [-0.2, 0) is 16.1 Å². The minimum Gasteiger partial charge on any atom is -0.493 e. The molecule has 0 radical (unpaired) electrons. The van der Waals surface area contributed by atoms with Gasteiger partial charge in [0, 0.05) is 4.47 Å². The lowest BCUT2D eigenvalue weighted by Gasteiger charge is -2.26. The van der Waals surface area contributed by atoms with Gasteiger partial charge in [0.15, 0.2) is 16.3 Å². The predicted octanol–water partition coefficient (Wildman–Crippen LogP) is 5.69. The van der Waals surface area contributed by atoms with E-state index in [-0.39, 0.29) is 23.6 Å². The van der Waals surface area contributed by atoms with Crippen LogP contribution in [0.2, 0.25) is 0 Å². The molecule has 1 aliphatic rings. The van der Waals surface area contributed by atoms with Crippen molar-refractivity contribution in [3.8, 4) is 17.2 Å². The van der Waals surface area contributed by atoms with Gasteiger partial charge in [0.25, 0.3) is 5.56 Å². The Balaban J connectivity index is 1.55. The molecule has 0 bridgehead atoms. The number of halogens is 2. The topological polar surface area (TPSA) is 88.4 Å². The van der Waals surface area contributed by atoms with Gasteiger partial charge in [0.05, 0.1) is 42.2 Å². The quantitative estimate of drug-likeness (QED) is 0.200. The first-order valence-corrected chi connectivity index (χ1v) is 15.5. The highest BCUT2D eigenvalue weighted by atomic mass is 79.9. The largest absolute Gasteiger partial charge is 0.493 e. The summed E-state index contributed by atoms with van der Waals surface area (Å²) in [7, 11) is 1.54.